The van der Waals surface area contributed by atoms with Gasteiger partial charge >= 0.3 is 0 Å². The number of carbonyl (C=O) groups is 3. The first kappa shape index (κ1) is 21.4. The Hall–Kier alpha value is -3.80. The summed E-state index contributed by atoms with van der Waals surface area (Å²) in [7, 11) is 0. The van der Waals surface area contributed by atoms with Gasteiger partial charge in [-0.3, -0.25) is 24.3 Å². The molecule has 0 bridgehead atoms. The lowest BCUT2D eigenvalue weighted by molar-refractivity contribution is -0.120. The number of fused-ring (bicyclic) bond motifs is 2. The van der Waals surface area contributed by atoms with Crippen molar-refractivity contribution in [2.45, 2.75) is 26.2 Å². The Morgan fingerprint density at radius 1 is 1.00 bits per heavy atom. The molecule has 1 N–H and O–H groups in total. The minimum atomic E-state index is -0.380. The summed E-state index contributed by atoms with van der Waals surface area (Å²) in [6.07, 6.45) is 3.35. The predicted octanol–water partition coefficient (Wildman–Crippen LogP) is 4.83. The fourth-order valence-corrected chi connectivity index (χ4v) is 3.99. The Balaban J connectivity index is 1.50. The highest BCUT2D eigenvalue weighted by Crippen LogP contribution is 2.26. The van der Waals surface area contributed by atoms with Crippen molar-refractivity contribution in [1.82, 2.24) is 9.88 Å². The van der Waals surface area contributed by atoms with Crippen LogP contribution in [0.2, 0.25) is 0 Å². The quantitative estimate of drug-likeness (QED) is 0.412. The van der Waals surface area contributed by atoms with Gasteiger partial charge in [0, 0.05) is 24.0 Å². The minimum absolute atomic E-state index is 0.152. The zero-order chi connectivity index (χ0) is 22.7. The van der Waals surface area contributed by atoms with Crippen molar-refractivity contribution in [3.63, 3.8) is 0 Å². The van der Waals surface area contributed by atoms with Crippen LogP contribution in [0.3, 0.4) is 0 Å². The second-order valence-corrected chi connectivity index (χ2v) is 8.16. The van der Waals surface area contributed by atoms with E-state index in [0.717, 1.165) is 16.5 Å². The van der Waals surface area contributed by atoms with E-state index >= 15 is 0 Å². The number of amides is 3. The molecule has 2 heterocycles. The number of pyridine rings is 1. The monoisotopic (exact) mass is 427 g/mol. The third kappa shape index (κ3) is 4.30. The van der Waals surface area contributed by atoms with E-state index in [-0.39, 0.29) is 30.2 Å². The van der Waals surface area contributed by atoms with Crippen molar-refractivity contribution in [1.29, 1.82) is 0 Å². The van der Waals surface area contributed by atoms with Gasteiger partial charge in [-0.2, -0.15) is 0 Å². The van der Waals surface area contributed by atoms with Crippen LogP contribution in [-0.2, 0) is 4.79 Å². The Morgan fingerprint density at radius 3 is 2.38 bits per heavy atom. The topological polar surface area (TPSA) is 79.4 Å². The molecular formula is C26H25N3O3. The number of imide groups is 1. The zero-order valence-electron chi connectivity index (χ0n) is 18.0. The number of anilines is 1. The second kappa shape index (κ2) is 9.14. The Bertz CT molecular complexity index is 1180. The number of hydrogen-bond donors (Lipinski definition) is 1. The summed E-state index contributed by atoms with van der Waals surface area (Å²) in [6.45, 7) is 6.05. The highest BCUT2D eigenvalue weighted by Gasteiger charge is 2.35. The first-order valence-electron chi connectivity index (χ1n) is 10.7. The number of nitrogens with zero attached hydrogens (tertiary/aromatic N) is 2. The molecule has 0 fully saturated rings. The van der Waals surface area contributed by atoms with Gasteiger partial charge in [0.1, 0.15) is 0 Å². The lowest BCUT2D eigenvalue weighted by Crippen LogP contribution is -2.34. The number of carbonyl (C=O) groups excluding carboxylic acids is 3. The average molecular weight is 428 g/mol. The van der Waals surface area contributed by atoms with E-state index in [0.29, 0.717) is 36.1 Å². The molecule has 0 spiro atoms. The first-order valence-corrected chi connectivity index (χ1v) is 10.7. The SMILES string of the molecule is C=C(C)CCC(CCN1C(=O)c2ccccc2C1=O)C(=O)Nc1cccc2cccnc12. The van der Waals surface area contributed by atoms with Crippen LogP contribution in [-0.4, -0.2) is 34.2 Å². The number of para-hydroxylation sites is 1. The zero-order valence-corrected chi connectivity index (χ0v) is 18.0. The third-order valence-corrected chi connectivity index (χ3v) is 5.76. The lowest BCUT2D eigenvalue weighted by atomic mass is 9.95. The molecule has 0 saturated heterocycles. The normalized spacial score (nSPS) is 13.8. The molecule has 3 amide bonds. The maximum absolute atomic E-state index is 13.2. The molecule has 0 radical (unpaired) electrons. The van der Waals surface area contributed by atoms with E-state index in [1.54, 1.807) is 30.5 Å². The van der Waals surface area contributed by atoms with Crippen LogP contribution in [0.25, 0.3) is 10.9 Å². The van der Waals surface area contributed by atoms with Gasteiger partial charge in [0.2, 0.25) is 5.91 Å². The highest BCUT2D eigenvalue weighted by atomic mass is 16.2. The maximum Gasteiger partial charge on any atom is 0.261 e. The van der Waals surface area contributed by atoms with Gasteiger partial charge < -0.3 is 5.32 Å². The van der Waals surface area contributed by atoms with Crippen molar-refractivity contribution in [2.24, 2.45) is 5.92 Å². The molecule has 1 aliphatic heterocycles. The van der Waals surface area contributed by atoms with Crippen LogP contribution < -0.4 is 5.32 Å². The standard InChI is InChI=1S/C26H25N3O3/c1-17(2)12-13-19(14-16-29-25(31)20-9-3-4-10-21(20)26(29)32)24(30)28-22-11-5-7-18-8-6-15-27-23(18)22/h3-11,15,19H,1,12-14,16H2,2H3,(H,28,30). The van der Waals surface area contributed by atoms with Crippen LogP contribution in [0.5, 0.6) is 0 Å². The number of aromatic nitrogens is 1. The number of allylic oxidation sites excluding steroid dienone is 1. The summed E-state index contributed by atoms with van der Waals surface area (Å²) in [5.41, 5.74) is 3.19. The van der Waals surface area contributed by atoms with E-state index in [9.17, 15) is 14.4 Å². The van der Waals surface area contributed by atoms with E-state index in [1.807, 2.05) is 37.3 Å². The van der Waals surface area contributed by atoms with E-state index in [1.165, 1.54) is 4.90 Å². The van der Waals surface area contributed by atoms with Crippen molar-refractivity contribution in [3.8, 4) is 0 Å². The Labute approximate surface area is 187 Å². The number of hydrogen-bond acceptors (Lipinski definition) is 4. The van der Waals surface area contributed by atoms with Gasteiger partial charge in [-0.1, -0.05) is 35.9 Å². The fraction of sp³-hybridized carbons (Fsp3) is 0.231. The molecule has 1 atom stereocenters. The van der Waals surface area contributed by atoms with Gasteiger partial charge in [-0.25, -0.2) is 0 Å². The fourth-order valence-electron chi connectivity index (χ4n) is 3.99. The third-order valence-electron chi connectivity index (χ3n) is 5.76. The largest absolute Gasteiger partial charge is 0.324 e. The maximum atomic E-state index is 13.2. The molecule has 0 saturated carbocycles. The van der Waals surface area contributed by atoms with Crippen LogP contribution in [0.15, 0.2) is 72.9 Å². The van der Waals surface area contributed by atoms with Crippen LogP contribution in [0.1, 0.15) is 46.9 Å². The summed E-state index contributed by atoms with van der Waals surface area (Å²) in [5.74, 6) is -1.14. The number of nitrogens with one attached hydrogen (secondary N) is 1. The minimum Gasteiger partial charge on any atom is -0.324 e. The second-order valence-electron chi connectivity index (χ2n) is 8.16. The molecular weight excluding hydrogens is 402 g/mol. The molecule has 1 unspecified atom stereocenters. The molecule has 6 heteroatoms. The molecule has 0 aliphatic carbocycles. The van der Waals surface area contributed by atoms with Crippen molar-refractivity contribution >= 4 is 34.3 Å². The number of rotatable bonds is 8. The molecule has 1 aromatic heterocycles. The molecule has 3 aromatic rings. The van der Waals surface area contributed by atoms with Crippen LogP contribution >= 0.6 is 0 Å². The van der Waals surface area contributed by atoms with Crippen molar-refractivity contribution < 1.29 is 14.4 Å². The van der Waals surface area contributed by atoms with Crippen molar-refractivity contribution in [2.75, 3.05) is 11.9 Å². The smallest absolute Gasteiger partial charge is 0.261 e. The Kier molecular flexibility index (Phi) is 6.12. The molecule has 32 heavy (non-hydrogen) atoms. The molecule has 2 aromatic carbocycles. The average Bonchev–Trinajstić information content (AvgIpc) is 3.04. The molecule has 1 aliphatic rings. The van der Waals surface area contributed by atoms with Gasteiger partial charge in [0.25, 0.3) is 11.8 Å². The summed E-state index contributed by atoms with van der Waals surface area (Å²) < 4.78 is 0. The molecule has 162 valence electrons. The molecule has 6 nitrogen and oxygen atoms in total. The van der Waals surface area contributed by atoms with E-state index in [4.69, 9.17) is 0 Å². The van der Waals surface area contributed by atoms with E-state index in [2.05, 4.69) is 16.9 Å². The van der Waals surface area contributed by atoms with Gasteiger partial charge in [-0.05, 0) is 50.5 Å². The highest BCUT2D eigenvalue weighted by molar-refractivity contribution is 6.21. The first-order chi connectivity index (χ1) is 15.5. The van der Waals surface area contributed by atoms with Gasteiger partial charge in [0.05, 0.1) is 22.3 Å². The van der Waals surface area contributed by atoms with Crippen molar-refractivity contribution in [3.05, 3.63) is 84.1 Å². The van der Waals surface area contributed by atoms with Crippen LogP contribution in [0.4, 0.5) is 5.69 Å². The predicted molar refractivity (Wildman–Crippen MR) is 124 cm³/mol. The Morgan fingerprint density at radius 2 is 1.69 bits per heavy atom. The summed E-state index contributed by atoms with van der Waals surface area (Å²) in [4.78, 5) is 44.2. The van der Waals surface area contributed by atoms with Crippen LogP contribution in [0, 0.1) is 5.92 Å². The molecule has 4 rings (SSSR count). The lowest BCUT2D eigenvalue weighted by Gasteiger charge is -2.20. The summed E-state index contributed by atoms with van der Waals surface area (Å²) >= 11 is 0. The number of benzene rings is 2. The summed E-state index contributed by atoms with van der Waals surface area (Å²) in [6, 6.07) is 16.3. The van der Waals surface area contributed by atoms with Gasteiger partial charge in [-0.15, -0.1) is 6.58 Å². The van der Waals surface area contributed by atoms with Gasteiger partial charge in [0.15, 0.2) is 0 Å². The summed E-state index contributed by atoms with van der Waals surface area (Å²) in [5, 5.41) is 3.94. The van der Waals surface area contributed by atoms with E-state index < -0.39 is 0 Å².